The minimum absolute atomic E-state index is 0.0329. The van der Waals surface area contributed by atoms with Crippen LogP contribution in [0.25, 0.3) is 0 Å². The largest absolute Gasteiger partial charge is 0.490 e. The summed E-state index contributed by atoms with van der Waals surface area (Å²) in [6.45, 7) is 3.44. The van der Waals surface area contributed by atoms with Crippen molar-refractivity contribution < 1.29 is 24.0 Å². The Balaban J connectivity index is 1.36. The molecule has 0 fully saturated rings. The average molecular weight is 410 g/mol. The van der Waals surface area contributed by atoms with E-state index >= 15 is 0 Å². The summed E-state index contributed by atoms with van der Waals surface area (Å²) in [5, 5.41) is 2.94. The van der Waals surface area contributed by atoms with E-state index in [1.54, 1.807) is 38.4 Å². The first-order valence-corrected chi connectivity index (χ1v) is 10.4. The fourth-order valence-corrected chi connectivity index (χ4v) is 3.90. The number of rotatable bonds is 4. The second-order valence-electron chi connectivity index (χ2n) is 8.05. The van der Waals surface area contributed by atoms with Gasteiger partial charge in [-0.2, -0.15) is 0 Å². The molecule has 7 nitrogen and oxygen atoms in total. The third-order valence-electron chi connectivity index (χ3n) is 5.49. The monoisotopic (exact) mass is 410 g/mol. The van der Waals surface area contributed by atoms with E-state index in [1.165, 1.54) is 20.9 Å². The van der Waals surface area contributed by atoms with Gasteiger partial charge >= 0.3 is 0 Å². The molecule has 7 heteroatoms. The number of carbonyl (C=O) groups is 2. The Bertz CT molecular complexity index is 940. The third-order valence-corrected chi connectivity index (χ3v) is 5.49. The van der Waals surface area contributed by atoms with E-state index in [1.807, 2.05) is 0 Å². The molecule has 0 saturated carbocycles. The van der Waals surface area contributed by atoms with Gasteiger partial charge in [-0.25, -0.2) is 0 Å². The summed E-state index contributed by atoms with van der Waals surface area (Å²) < 4.78 is 11.6. The zero-order valence-corrected chi connectivity index (χ0v) is 17.5. The molecule has 1 unspecified atom stereocenters. The molecule has 2 amide bonds. The van der Waals surface area contributed by atoms with Crippen molar-refractivity contribution in [2.45, 2.75) is 19.4 Å². The van der Waals surface area contributed by atoms with Crippen LogP contribution in [0.4, 0.5) is 5.69 Å². The number of anilines is 1. The number of quaternary nitrogens is 1. The van der Waals surface area contributed by atoms with Crippen molar-refractivity contribution in [2.24, 2.45) is 0 Å². The van der Waals surface area contributed by atoms with Crippen molar-refractivity contribution in [1.82, 2.24) is 4.90 Å². The second kappa shape index (κ2) is 8.75. The van der Waals surface area contributed by atoms with E-state index in [2.05, 4.69) is 17.4 Å². The Labute approximate surface area is 176 Å². The predicted octanol–water partition coefficient (Wildman–Crippen LogP) is 1.13. The van der Waals surface area contributed by atoms with Gasteiger partial charge in [-0.05, 0) is 42.0 Å². The summed E-state index contributed by atoms with van der Waals surface area (Å²) in [6, 6.07) is 11.2. The summed E-state index contributed by atoms with van der Waals surface area (Å²) in [4.78, 5) is 27.3. The Morgan fingerprint density at radius 2 is 1.70 bits per heavy atom. The van der Waals surface area contributed by atoms with E-state index in [4.69, 9.17) is 9.47 Å². The molecule has 30 heavy (non-hydrogen) atoms. The van der Waals surface area contributed by atoms with Crippen LogP contribution in [0.2, 0.25) is 0 Å². The molecule has 2 aliphatic heterocycles. The molecular formula is C23H28N3O4+. The smallest absolute Gasteiger partial charge is 0.279 e. The normalized spacial score (nSPS) is 17.5. The minimum atomic E-state index is -0.0587. The van der Waals surface area contributed by atoms with Crippen LogP contribution in [0.15, 0.2) is 36.4 Å². The summed E-state index contributed by atoms with van der Waals surface area (Å²) in [5.74, 6) is 1.55. The lowest BCUT2D eigenvalue weighted by atomic mass is 9.99. The lowest BCUT2D eigenvalue weighted by molar-refractivity contribution is -0.907. The number of hydrogen-bond acceptors (Lipinski definition) is 4. The molecule has 0 spiro atoms. The van der Waals surface area contributed by atoms with Gasteiger partial charge in [0.05, 0.1) is 19.8 Å². The third kappa shape index (κ3) is 4.57. The number of nitrogens with zero attached hydrogens (tertiary/aromatic N) is 1. The molecule has 0 bridgehead atoms. The molecule has 0 aromatic heterocycles. The van der Waals surface area contributed by atoms with Gasteiger partial charge < -0.3 is 24.6 Å². The van der Waals surface area contributed by atoms with Gasteiger partial charge in [0.25, 0.3) is 11.8 Å². The van der Waals surface area contributed by atoms with Gasteiger partial charge in [0.2, 0.25) is 0 Å². The van der Waals surface area contributed by atoms with Gasteiger partial charge in [0.15, 0.2) is 18.0 Å². The minimum Gasteiger partial charge on any atom is -0.490 e. The fourth-order valence-electron chi connectivity index (χ4n) is 3.90. The summed E-state index contributed by atoms with van der Waals surface area (Å²) in [6.07, 6.45) is 1.80. The highest BCUT2D eigenvalue weighted by molar-refractivity contribution is 5.95. The molecule has 2 heterocycles. The van der Waals surface area contributed by atoms with Crippen LogP contribution in [0.1, 0.15) is 27.9 Å². The Morgan fingerprint density at radius 1 is 1.03 bits per heavy atom. The van der Waals surface area contributed by atoms with E-state index in [0.29, 0.717) is 31.0 Å². The van der Waals surface area contributed by atoms with Crippen molar-refractivity contribution >= 4 is 17.5 Å². The Hall–Kier alpha value is -3.06. The lowest BCUT2D eigenvalue weighted by Crippen LogP contribution is -3.12. The molecule has 0 radical (unpaired) electrons. The van der Waals surface area contributed by atoms with Crippen LogP contribution in [-0.2, 0) is 17.8 Å². The lowest BCUT2D eigenvalue weighted by Gasteiger charge is -2.26. The highest BCUT2D eigenvalue weighted by Crippen LogP contribution is 2.33. The van der Waals surface area contributed by atoms with E-state index in [9.17, 15) is 9.59 Å². The van der Waals surface area contributed by atoms with E-state index < -0.39 is 0 Å². The molecule has 2 N–H and O–H groups in total. The molecule has 2 aromatic rings. The van der Waals surface area contributed by atoms with Crippen LogP contribution in [0.3, 0.4) is 0 Å². The number of nitrogens with one attached hydrogen (secondary N) is 2. The van der Waals surface area contributed by atoms with Crippen LogP contribution in [0.5, 0.6) is 11.5 Å². The van der Waals surface area contributed by atoms with Crippen molar-refractivity contribution in [3.05, 3.63) is 53.1 Å². The quantitative estimate of drug-likeness (QED) is 0.793. The molecule has 0 aliphatic carbocycles. The van der Waals surface area contributed by atoms with E-state index in [-0.39, 0.29) is 11.8 Å². The van der Waals surface area contributed by atoms with Gasteiger partial charge in [0.1, 0.15) is 6.54 Å². The SMILES string of the molecule is CN(C)C(=O)c1ccc(NC(=O)C[NH+]2CCc3cc4c(cc3C2)OCCCO4)cc1. The van der Waals surface area contributed by atoms with Crippen molar-refractivity contribution in [1.29, 1.82) is 0 Å². The number of benzene rings is 2. The zero-order chi connectivity index (χ0) is 21.1. The molecule has 0 saturated heterocycles. The number of amides is 2. The maximum atomic E-state index is 12.5. The maximum absolute atomic E-state index is 12.5. The number of carbonyl (C=O) groups excluding carboxylic acids is 2. The topological polar surface area (TPSA) is 72.3 Å². The number of ether oxygens (including phenoxy) is 2. The summed E-state index contributed by atoms with van der Waals surface area (Å²) in [5.41, 5.74) is 3.80. The highest BCUT2D eigenvalue weighted by Gasteiger charge is 2.25. The van der Waals surface area contributed by atoms with Gasteiger partial charge in [0, 0.05) is 43.8 Å². The fraction of sp³-hybridized carbons (Fsp3) is 0.391. The molecular weight excluding hydrogens is 382 g/mol. The van der Waals surface area contributed by atoms with Crippen molar-refractivity contribution in [3.8, 4) is 11.5 Å². The van der Waals surface area contributed by atoms with Crippen LogP contribution >= 0.6 is 0 Å². The second-order valence-corrected chi connectivity index (χ2v) is 8.05. The average Bonchev–Trinajstić information content (AvgIpc) is 2.96. The molecule has 4 rings (SSSR count). The Morgan fingerprint density at radius 3 is 2.37 bits per heavy atom. The Kier molecular flexibility index (Phi) is 5.90. The van der Waals surface area contributed by atoms with Crippen LogP contribution in [-0.4, -0.2) is 57.1 Å². The predicted molar refractivity (Wildman–Crippen MR) is 113 cm³/mol. The van der Waals surface area contributed by atoms with Gasteiger partial charge in [-0.1, -0.05) is 0 Å². The van der Waals surface area contributed by atoms with Crippen molar-refractivity contribution in [2.75, 3.05) is 45.7 Å². The zero-order valence-electron chi connectivity index (χ0n) is 17.5. The first-order valence-electron chi connectivity index (χ1n) is 10.4. The molecule has 158 valence electrons. The standard InChI is InChI=1S/C23H27N3O4/c1-25(2)23(28)16-4-6-19(7-5-16)24-22(27)15-26-9-8-17-12-20-21(13-18(17)14-26)30-11-3-10-29-20/h4-7,12-13H,3,8-11,14-15H2,1-2H3,(H,24,27)/p+1. The summed E-state index contributed by atoms with van der Waals surface area (Å²) in [7, 11) is 3.43. The van der Waals surface area contributed by atoms with Crippen LogP contribution < -0.4 is 19.7 Å². The van der Waals surface area contributed by atoms with Crippen molar-refractivity contribution in [3.63, 3.8) is 0 Å². The van der Waals surface area contributed by atoms with Gasteiger partial charge in [-0.15, -0.1) is 0 Å². The van der Waals surface area contributed by atoms with Gasteiger partial charge in [-0.3, -0.25) is 9.59 Å². The number of hydrogen-bond donors (Lipinski definition) is 2. The first kappa shape index (κ1) is 20.2. The van der Waals surface area contributed by atoms with E-state index in [0.717, 1.165) is 37.4 Å². The highest BCUT2D eigenvalue weighted by atomic mass is 16.5. The number of fused-ring (bicyclic) bond motifs is 2. The first-order chi connectivity index (χ1) is 14.5. The maximum Gasteiger partial charge on any atom is 0.279 e. The molecule has 1 atom stereocenters. The molecule has 2 aliphatic rings. The van der Waals surface area contributed by atoms with Crippen LogP contribution in [0, 0.1) is 0 Å². The molecule has 2 aromatic carbocycles. The summed E-state index contributed by atoms with van der Waals surface area (Å²) >= 11 is 0.